The van der Waals surface area contributed by atoms with Crippen molar-refractivity contribution in [1.82, 2.24) is 10.3 Å². The van der Waals surface area contributed by atoms with Gasteiger partial charge in [0.25, 0.3) is 0 Å². The molecule has 1 N–H and O–H groups in total. The van der Waals surface area contributed by atoms with E-state index in [0.717, 1.165) is 42.3 Å². The fourth-order valence-electron chi connectivity index (χ4n) is 3.02. The highest BCUT2D eigenvalue weighted by atomic mass is 16.5. The third-order valence-corrected chi connectivity index (χ3v) is 4.28. The first-order chi connectivity index (χ1) is 10.2. The van der Waals surface area contributed by atoms with Crippen LogP contribution in [0.25, 0.3) is 10.9 Å². The average Bonchev–Trinajstić information content (AvgIpc) is 2.55. The molecular weight excluding hydrogens is 262 g/mol. The Labute approximate surface area is 124 Å². The van der Waals surface area contributed by atoms with Gasteiger partial charge in [-0.25, -0.2) is 0 Å². The summed E-state index contributed by atoms with van der Waals surface area (Å²) in [6.45, 7) is 0. The minimum absolute atomic E-state index is 0.0759. The maximum atomic E-state index is 9.39. The van der Waals surface area contributed by atoms with E-state index in [1.54, 1.807) is 6.20 Å². The van der Waals surface area contributed by atoms with E-state index in [2.05, 4.69) is 16.4 Å². The van der Waals surface area contributed by atoms with Gasteiger partial charge in [0.05, 0.1) is 11.6 Å². The average molecular weight is 281 g/mol. The Kier molecular flexibility index (Phi) is 3.76. The number of ether oxygens (including phenoxy) is 1. The molecule has 4 nitrogen and oxygen atoms in total. The van der Waals surface area contributed by atoms with Gasteiger partial charge in [0.15, 0.2) is 0 Å². The number of rotatable bonds is 3. The lowest BCUT2D eigenvalue weighted by Gasteiger charge is -2.35. The number of nitrogens with zero attached hydrogens (tertiary/aromatic N) is 2. The highest BCUT2D eigenvalue weighted by Crippen LogP contribution is 2.31. The second-order valence-corrected chi connectivity index (χ2v) is 5.64. The number of nitrogens with one attached hydrogen (secondary N) is 1. The Bertz CT molecular complexity index is 679. The first kappa shape index (κ1) is 13.8. The van der Waals surface area contributed by atoms with Gasteiger partial charge < -0.3 is 10.1 Å². The van der Waals surface area contributed by atoms with Gasteiger partial charge in [0.1, 0.15) is 17.4 Å². The van der Waals surface area contributed by atoms with Crippen LogP contribution in [0.2, 0.25) is 0 Å². The molecule has 1 aliphatic rings. The number of pyridine rings is 1. The SMILES string of the molecule is CNC1(C#N)CCCC(Oc2ccc3cccnc3c2)C1. The molecule has 2 aromatic rings. The molecular formula is C17H19N3O. The molecule has 0 saturated heterocycles. The van der Waals surface area contributed by atoms with Gasteiger partial charge in [-0.3, -0.25) is 4.98 Å². The normalized spacial score (nSPS) is 25.4. The zero-order chi connectivity index (χ0) is 14.7. The largest absolute Gasteiger partial charge is 0.490 e. The molecule has 2 unspecified atom stereocenters. The Hall–Kier alpha value is -2.12. The Morgan fingerprint density at radius 1 is 1.43 bits per heavy atom. The summed E-state index contributed by atoms with van der Waals surface area (Å²) in [7, 11) is 1.85. The van der Waals surface area contributed by atoms with Gasteiger partial charge >= 0.3 is 0 Å². The maximum absolute atomic E-state index is 9.39. The van der Waals surface area contributed by atoms with Crippen molar-refractivity contribution in [2.45, 2.75) is 37.3 Å². The Morgan fingerprint density at radius 2 is 2.33 bits per heavy atom. The van der Waals surface area contributed by atoms with Crippen LogP contribution in [-0.2, 0) is 0 Å². The van der Waals surface area contributed by atoms with E-state index in [0.29, 0.717) is 0 Å². The third kappa shape index (κ3) is 2.84. The Balaban J connectivity index is 1.77. The highest BCUT2D eigenvalue weighted by Gasteiger charge is 2.36. The topological polar surface area (TPSA) is 57.9 Å². The lowest BCUT2D eigenvalue weighted by Crippen LogP contribution is -2.48. The van der Waals surface area contributed by atoms with Crippen molar-refractivity contribution < 1.29 is 4.74 Å². The van der Waals surface area contributed by atoms with Crippen LogP contribution >= 0.6 is 0 Å². The summed E-state index contributed by atoms with van der Waals surface area (Å²) in [4.78, 5) is 4.35. The van der Waals surface area contributed by atoms with E-state index in [4.69, 9.17) is 4.74 Å². The van der Waals surface area contributed by atoms with E-state index in [1.165, 1.54) is 0 Å². The van der Waals surface area contributed by atoms with Gasteiger partial charge in [-0.15, -0.1) is 0 Å². The second-order valence-electron chi connectivity index (χ2n) is 5.64. The quantitative estimate of drug-likeness (QED) is 0.939. The number of hydrogen-bond donors (Lipinski definition) is 1. The molecule has 1 aromatic carbocycles. The van der Waals surface area contributed by atoms with Gasteiger partial charge in [-0.2, -0.15) is 5.26 Å². The van der Waals surface area contributed by atoms with Gasteiger partial charge in [0.2, 0.25) is 0 Å². The first-order valence-electron chi connectivity index (χ1n) is 7.36. The minimum atomic E-state index is -0.446. The zero-order valence-electron chi connectivity index (χ0n) is 12.2. The summed E-state index contributed by atoms with van der Waals surface area (Å²) in [6.07, 6.45) is 5.47. The molecule has 4 heteroatoms. The predicted octanol–water partition coefficient (Wildman–Crippen LogP) is 3.04. The molecule has 0 bridgehead atoms. The summed E-state index contributed by atoms with van der Waals surface area (Å²) >= 11 is 0. The van der Waals surface area contributed by atoms with E-state index < -0.39 is 5.54 Å². The van der Waals surface area contributed by atoms with Crippen LogP contribution in [-0.4, -0.2) is 23.7 Å². The lowest BCUT2D eigenvalue weighted by molar-refractivity contribution is 0.116. The van der Waals surface area contributed by atoms with Gasteiger partial charge in [0, 0.05) is 24.1 Å². The number of aromatic nitrogens is 1. The summed E-state index contributed by atoms with van der Waals surface area (Å²) in [6, 6.07) is 12.3. The van der Waals surface area contributed by atoms with Crippen molar-refractivity contribution in [2.24, 2.45) is 0 Å². The van der Waals surface area contributed by atoms with E-state index in [9.17, 15) is 5.26 Å². The monoisotopic (exact) mass is 281 g/mol. The van der Waals surface area contributed by atoms with Crippen molar-refractivity contribution in [1.29, 1.82) is 5.26 Å². The number of benzene rings is 1. The van der Waals surface area contributed by atoms with Crippen LogP contribution in [0.5, 0.6) is 5.75 Å². The van der Waals surface area contributed by atoms with Gasteiger partial charge in [-0.05, 0) is 44.5 Å². The summed E-state index contributed by atoms with van der Waals surface area (Å²) < 4.78 is 6.09. The molecule has 1 heterocycles. The molecule has 0 aliphatic heterocycles. The van der Waals surface area contributed by atoms with Crippen molar-refractivity contribution in [3.8, 4) is 11.8 Å². The fraction of sp³-hybridized carbons (Fsp3) is 0.412. The summed E-state index contributed by atoms with van der Waals surface area (Å²) in [5.41, 5.74) is 0.490. The van der Waals surface area contributed by atoms with Crippen LogP contribution in [0.15, 0.2) is 36.5 Å². The molecule has 21 heavy (non-hydrogen) atoms. The van der Waals surface area contributed by atoms with Crippen LogP contribution in [0.1, 0.15) is 25.7 Å². The molecule has 1 saturated carbocycles. The van der Waals surface area contributed by atoms with Crippen molar-refractivity contribution in [3.63, 3.8) is 0 Å². The standard InChI is InChI=1S/C17H19N3O/c1-19-17(12-18)8-2-5-15(11-17)21-14-7-6-13-4-3-9-20-16(13)10-14/h3-4,6-7,9-10,15,19H,2,5,8,11H2,1H3. The van der Waals surface area contributed by atoms with E-state index >= 15 is 0 Å². The van der Waals surface area contributed by atoms with Crippen molar-refractivity contribution >= 4 is 10.9 Å². The number of nitriles is 1. The van der Waals surface area contributed by atoms with Crippen LogP contribution in [0, 0.1) is 11.3 Å². The third-order valence-electron chi connectivity index (χ3n) is 4.28. The number of fused-ring (bicyclic) bond motifs is 1. The molecule has 2 atom stereocenters. The van der Waals surface area contributed by atoms with Crippen LogP contribution < -0.4 is 10.1 Å². The second kappa shape index (κ2) is 5.71. The van der Waals surface area contributed by atoms with Crippen molar-refractivity contribution in [2.75, 3.05) is 7.05 Å². The smallest absolute Gasteiger partial charge is 0.121 e. The minimum Gasteiger partial charge on any atom is -0.490 e. The molecule has 1 fully saturated rings. The summed E-state index contributed by atoms with van der Waals surface area (Å²) in [5.74, 6) is 0.830. The highest BCUT2D eigenvalue weighted by molar-refractivity contribution is 5.79. The maximum Gasteiger partial charge on any atom is 0.121 e. The molecule has 0 spiro atoms. The van der Waals surface area contributed by atoms with Crippen LogP contribution in [0.3, 0.4) is 0 Å². The molecule has 108 valence electrons. The molecule has 0 amide bonds. The molecule has 1 aromatic heterocycles. The Morgan fingerprint density at radius 3 is 3.14 bits per heavy atom. The van der Waals surface area contributed by atoms with E-state index in [1.807, 2.05) is 37.4 Å². The fourth-order valence-corrected chi connectivity index (χ4v) is 3.02. The first-order valence-corrected chi connectivity index (χ1v) is 7.36. The molecule has 0 radical (unpaired) electrons. The van der Waals surface area contributed by atoms with Gasteiger partial charge in [-0.1, -0.05) is 6.07 Å². The summed E-state index contributed by atoms with van der Waals surface area (Å²) in [5, 5.41) is 13.7. The van der Waals surface area contributed by atoms with Crippen LogP contribution in [0.4, 0.5) is 0 Å². The van der Waals surface area contributed by atoms with E-state index in [-0.39, 0.29) is 6.10 Å². The molecule has 1 aliphatic carbocycles. The lowest BCUT2D eigenvalue weighted by atomic mass is 9.81. The predicted molar refractivity (Wildman–Crippen MR) is 82.0 cm³/mol. The van der Waals surface area contributed by atoms with Crippen molar-refractivity contribution in [3.05, 3.63) is 36.5 Å². The number of hydrogen-bond acceptors (Lipinski definition) is 4. The zero-order valence-corrected chi connectivity index (χ0v) is 12.2. The molecule has 3 rings (SSSR count).